The van der Waals surface area contributed by atoms with Crippen molar-refractivity contribution in [1.29, 1.82) is 0 Å². The van der Waals surface area contributed by atoms with Crippen LogP contribution in [-0.4, -0.2) is 45.2 Å². The lowest BCUT2D eigenvalue weighted by atomic mass is 10.0. The van der Waals surface area contributed by atoms with Gasteiger partial charge in [0.1, 0.15) is 0 Å². The first-order chi connectivity index (χ1) is 14.6. The molecule has 0 aliphatic carbocycles. The highest BCUT2D eigenvalue weighted by molar-refractivity contribution is 7.99. The molecule has 1 saturated heterocycles. The second-order valence-electron chi connectivity index (χ2n) is 7.80. The van der Waals surface area contributed by atoms with Gasteiger partial charge < -0.3 is 15.5 Å². The molecule has 2 N–H and O–H groups in total. The van der Waals surface area contributed by atoms with Gasteiger partial charge in [0.05, 0.1) is 6.04 Å². The van der Waals surface area contributed by atoms with Gasteiger partial charge in [-0.1, -0.05) is 32.0 Å². The average Bonchev–Trinajstić information content (AvgIpc) is 3.21. The number of aromatic nitrogens is 3. The van der Waals surface area contributed by atoms with Gasteiger partial charge in [0, 0.05) is 43.0 Å². The molecule has 0 bridgehead atoms. The first-order valence-corrected chi connectivity index (χ1v) is 11.5. The number of rotatable bonds is 6. The van der Waals surface area contributed by atoms with E-state index in [0.717, 1.165) is 30.1 Å². The van der Waals surface area contributed by atoms with Gasteiger partial charge in [0.15, 0.2) is 11.5 Å². The number of hydrogen-bond donors (Lipinski definition) is 2. The molecular formula is C22H28N6OS. The molecule has 4 rings (SSSR count). The Kier molecular flexibility index (Phi) is 6.42. The fourth-order valence-corrected chi connectivity index (χ4v) is 4.53. The number of fused-ring (bicyclic) bond motifs is 1. The molecule has 1 aliphatic rings. The predicted molar refractivity (Wildman–Crippen MR) is 122 cm³/mol. The highest BCUT2D eigenvalue weighted by Gasteiger charge is 2.23. The van der Waals surface area contributed by atoms with Crippen molar-refractivity contribution in [1.82, 2.24) is 25.2 Å². The van der Waals surface area contributed by atoms with Crippen LogP contribution in [0.2, 0.25) is 0 Å². The van der Waals surface area contributed by atoms with E-state index in [0.29, 0.717) is 6.54 Å². The number of thioether (sulfide) groups is 1. The van der Waals surface area contributed by atoms with E-state index in [2.05, 4.69) is 63.8 Å². The third-order valence-electron chi connectivity index (χ3n) is 5.34. The number of pyridine rings is 1. The van der Waals surface area contributed by atoms with Crippen molar-refractivity contribution < 1.29 is 4.79 Å². The normalized spacial score (nSPS) is 15.4. The Morgan fingerprint density at radius 1 is 1.10 bits per heavy atom. The molecule has 0 saturated carbocycles. The topological polar surface area (TPSA) is 74.6 Å². The Morgan fingerprint density at radius 3 is 2.60 bits per heavy atom. The molecule has 0 radical (unpaired) electrons. The SMILES string of the molecule is CC(C)C(NC(=O)NCc1ccc(N2CCSCC2)cc1)c1nnc2ccccn12. The van der Waals surface area contributed by atoms with Crippen molar-refractivity contribution in [3.05, 3.63) is 60.0 Å². The summed E-state index contributed by atoms with van der Waals surface area (Å²) in [5, 5.41) is 14.5. The molecule has 2 aromatic heterocycles. The van der Waals surface area contributed by atoms with Crippen molar-refractivity contribution in [2.24, 2.45) is 5.92 Å². The van der Waals surface area contributed by atoms with Crippen molar-refractivity contribution in [2.45, 2.75) is 26.4 Å². The summed E-state index contributed by atoms with van der Waals surface area (Å²) in [5.41, 5.74) is 3.10. The molecule has 3 heterocycles. The zero-order chi connectivity index (χ0) is 20.9. The molecule has 3 aromatic rings. The molecule has 1 fully saturated rings. The molecule has 158 valence electrons. The standard InChI is InChI=1S/C22H28N6OS/c1-16(2)20(21-26-25-19-5-3-4-10-28(19)21)24-22(29)23-15-17-6-8-18(9-7-17)27-11-13-30-14-12-27/h3-10,16,20H,11-15H2,1-2H3,(H2,23,24,29). The van der Waals surface area contributed by atoms with Crippen LogP contribution < -0.4 is 15.5 Å². The summed E-state index contributed by atoms with van der Waals surface area (Å²) in [5.74, 6) is 3.27. The maximum atomic E-state index is 12.6. The summed E-state index contributed by atoms with van der Waals surface area (Å²) in [4.78, 5) is 15.0. The second-order valence-corrected chi connectivity index (χ2v) is 9.03. The van der Waals surface area contributed by atoms with Crippen LogP contribution in [0.4, 0.5) is 10.5 Å². The molecule has 1 unspecified atom stereocenters. The van der Waals surface area contributed by atoms with Gasteiger partial charge in [-0.2, -0.15) is 11.8 Å². The van der Waals surface area contributed by atoms with E-state index < -0.39 is 0 Å². The van der Waals surface area contributed by atoms with E-state index in [-0.39, 0.29) is 18.0 Å². The molecule has 1 atom stereocenters. The van der Waals surface area contributed by atoms with Gasteiger partial charge >= 0.3 is 6.03 Å². The Labute approximate surface area is 181 Å². The zero-order valence-electron chi connectivity index (χ0n) is 17.4. The highest BCUT2D eigenvalue weighted by atomic mass is 32.2. The molecule has 1 aliphatic heterocycles. The van der Waals surface area contributed by atoms with Crippen molar-refractivity contribution in [2.75, 3.05) is 29.5 Å². The maximum Gasteiger partial charge on any atom is 0.315 e. The summed E-state index contributed by atoms with van der Waals surface area (Å²) in [6.07, 6.45) is 1.92. The molecule has 7 nitrogen and oxygen atoms in total. The highest BCUT2D eigenvalue weighted by Crippen LogP contribution is 2.21. The zero-order valence-corrected chi connectivity index (χ0v) is 18.2. The second kappa shape index (κ2) is 9.38. The summed E-state index contributed by atoms with van der Waals surface area (Å²) >= 11 is 2.01. The fraction of sp³-hybridized carbons (Fsp3) is 0.409. The molecule has 2 amide bonds. The van der Waals surface area contributed by atoms with Gasteiger partial charge in [-0.25, -0.2) is 4.79 Å². The van der Waals surface area contributed by atoms with Crippen LogP contribution in [0.25, 0.3) is 5.65 Å². The predicted octanol–water partition coefficient (Wildman–Crippen LogP) is 3.48. The quantitative estimate of drug-likeness (QED) is 0.634. The van der Waals surface area contributed by atoms with E-state index in [1.807, 2.05) is 40.6 Å². The third-order valence-corrected chi connectivity index (χ3v) is 6.28. The lowest BCUT2D eigenvalue weighted by Gasteiger charge is -2.28. The summed E-state index contributed by atoms with van der Waals surface area (Å²) in [6.45, 7) is 6.80. The first kappa shape index (κ1) is 20.5. The summed E-state index contributed by atoms with van der Waals surface area (Å²) in [6, 6.07) is 13.8. The average molecular weight is 425 g/mol. The minimum absolute atomic E-state index is 0.172. The Bertz CT molecular complexity index is 981. The monoisotopic (exact) mass is 424 g/mol. The van der Waals surface area contributed by atoms with Crippen LogP contribution in [-0.2, 0) is 6.54 Å². The smallest absolute Gasteiger partial charge is 0.315 e. The van der Waals surface area contributed by atoms with Crippen molar-refractivity contribution >= 4 is 29.1 Å². The number of amides is 2. The van der Waals surface area contributed by atoms with E-state index in [4.69, 9.17) is 0 Å². The number of nitrogens with one attached hydrogen (secondary N) is 2. The summed E-state index contributed by atoms with van der Waals surface area (Å²) in [7, 11) is 0. The minimum Gasteiger partial charge on any atom is -0.370 e. The van der Waals surface area contributed by atoms with Gasteiger partial charge in [-0.3, -0.25) is 4.40 Å². The number of hydrogen-bond acceptors (Lipinski definition) is 5. The third kappa shape index (κ3) is 4.70. The van der Waals surface area contributed by atoms with Crippen molar-refractivity contribution in [3.8, 4) is 0 Å². The fourth-order valence-electron chi connectivity index (χ4n) is 3.62. The lowest BCUT2D eigenvalue weighted by Crippen LogP contribution is -2.40. The first-order valence-electron chi connectivity index (χ1n) is 10.4. The van der Waals surface area contributed by atoms with E-state index in [1.165, 1.54) is 17.2 Å². The van der Waals surface area contributed by atoms with Gasteiger partial charge in [0.25, 0.3) is 0 Å². The largest absolute Gasteiger partial charge is 0.370 e. The van der Waals surface area contributed by atoms with Gasteiger partial charge in [0.2, 0.25) is 0 Å². The number of urea groups is 1. The van der Waals surface area contributed by atoms with Crippen LogP contribution in [0.5, 0.6) is 0 Å². The van der Waals surface area contributed by atoms with Crippen molar-refractivity contribution in [3.63, 3.8) is 0 Å². The summed E-state index contributed by atoms with van der Waals surface area (Å²) < 4.78 is 1.92. The van der Waals surface area contributed by atoms with Crippen LogP contribution in [0.15, 0.2) is 48.7 Å². The van der Waals surface area contributed by atoms with Crippen LogP contribution in [0.3, 0.4) is 0 Å². The minimum atomic E-state index is -0.234. The maximum absolute atomic E-state index is 12.6. The van der Waals surface area contributed by atoms with Gasteiger partial charge in [-0.05, 0) is 35.7 Å². The molecule has 8 heteroatoms. The molecule has 0 spiro atoms. The number of benzene rings is 1. The Morgan fingerprint density at radius 2 is 1.87 bits per heavy atom. The Balaban J connectivity index is 1.36. The number of anilines is 1. The number of carbonyl (C=O) groups excluding carboxylic acids is 1. The molecular weight excluding hydrogens is 396 g/mol. The van der Waals surface area contributed by atoms with Crippen LogP contribution in [0.1, 0.15) is 31.3 Å². The Hall–Kier alpha value is -2.74. The number of carbonyl (C=O) groups is 1. The van der Waals surface area contributed by atoms with E-state index in [1.54, 1.807) is 0 Å². The van der Waals surface area contributed by atoms with Crippen LogP contribution in [0, 0.1) is 5.92 Å². The number of nitrogens with zero attached hydrogens (tertiary/aromatic N) is 4. The molecule has 30 heavy (non-hydrogen) atoms. The molecule has 1 aromatic carbocycles. The van der Waals surface area contributed by atoms with E-state index >= 15 is 0 Å². The van der Waals surface area contributed by atoms with E-state index in [9.17, 15) is 4.79 Å². The van der Waals surface area contributed by atoms with Crippen LogP contribution >= 0.6 is 11.8 Å². The van der Waals surface area contributed by atoms with Gasteiger partial charge in [-0.15, -0.1) is 10.2 Å². The lowest BCUT2D eigenvalue weighted by molar-refractivity contribution is 0.231.